The molecule has 0 spiro atoms. The number of carbonyl (C=O) groups is 1. The van der Waals surface area contributed by atoms with Gasteiger partial charge in [0.25, 0.3) is 0 Å². The van der Waals surface area contributed by atoms with E-state index in [0.717, 1.165) is 25.7 Å². The summed E-state index contributed by atoms with van der Waals surface area (Å²) in [6.07, 6.45) is 3.90. The molecule has 1 aliphatic carbocycles. The summed E-state index contributed by atoms with van der Waals surface area (Å²) in [5.74, 6) is -0.891. The molecule has 8 heteroatoms. The molecule has 0 radical (unpaired) electrons. The second-order valence-corrected chi connectivity index (χ2v) is 7.76. The number of nitrogens with zero attached hydrogens (tertiary/aromatic N) is 1. The van der Waals surface area contributed by atoms with Gasteiger partial charge in [-0.2, -0.15) is 5.06 Å². The first-order valence-electron chi connectivity index (χ1n) is 7.64. The molecule has 1 N–H and O–H groups in total. The van der Waals surface area contributed by atoms with Gasteiger partial charge in [-0.25, -0.2) is 9.36 Å². The number of rotatable bonds is 7. The number of hydrogen-bond donors (Lipinski definition) is 1. The van der Waals surface area contributed by atoms with Crippen molar-refractivity contribution in [2.75, 3.05) is 6.61 Å². The monoisotopic (exact) mass is 361 g/mol. The van der Waals surface area contributed by atoms with E-state index in [2.05, 4.69) is 4.52 Å². The normalized spacial score (nSPS) is 19.5. The zero-order chi connectivity index (χ0) is 16.9. The van der Waals surface area contributed by atoms with Crippen LogP contribution >= 0.6 is 18.2 Å². The van der Waals surface area contributed by atoms with Crippen molar-refractivity contribution < 1.29 is 23.6 Å². The van der Waals surface area contributed by atoms with Crippen LogP contribution in [-0.2, 0) is 18.7 Å². The minimum absolute atomic E-state index is 0.0566. The molecule has 1 aliphatic rings. The standard InChI is InChI=1S/C15H21ClNO5P/c1-2-21-17(13-10-6-7-11-13)14(12-8-4-3-5-9-12)15(18)22-23(16,19)20/h3-5,8-9,13-14H,2,6-7,10-11H2,1H3,(H,19,20). The van der Waals surface area contributed by atoms with Gasteiger partial charge in [0.1, 0.15) is 0 Å². The van der Waals surface area contributed by atoms with Crippen LogP contribution in [0.4, 0.5) is 0 Å². The van der Waals surface area contributed by atoms with E-state index >= 15 is 0 Å². The van der Waals surface area contributed by atoms with Crippen LogP contribution in [0.3, 0.4) is 0 Å². The highest BCUT2D eigenvalue weighted by atomic mass is 35.7. The molecule has 0 aromatic heterocycles. The van der Waals surface area contributed by atoms with Crippen LogP contribution in [0.25, 0.3) is 0 Å². The Kier molecular flexibility index (Phi) is 6.62. The van der Waals surface area contributed by atoms with Gasteiger partial charge in [0, 0.05) is 17.3 Å². The minimum atomic E-state index is -4.45. The summed E-state index contributed by atoms with van der Waals surface area (Å²) in [7, 11) is 0. The molecule has 0 amide bonds. The Morgan fingerprint density at radius 2 is 2.00 bits per heavy atom. The first-order chi connectivity index (χ1) is 10.9. The average Bonchev–Trinajstić information content (AvgIpc) is 3.00. The molecular weight excluding hydrogens is 341 g/mol. The summed E-state index contributed by atoms with van der Waals surface area (Å²) in [6, 6.07) is 8.03. The topological polar surface area (TPSA) is 76.1 Å². The van der Waals surface area contributed by atoms with Gasteiger partial charge in [0.2, 0.25) is 0 Å². The van der Waals surface area contributed by atoms with Crippen LogP contribution in [0, 0.1) is 0 Å². The fraction of sp³-hybridized carbons (Fsp3) is 0.533. The van der Waals surface area contributed by atoms with Crippen LogP contribution in [0.1, 0.15) is 44.2 Å². The van der Waals surface area contributed by atoms with Crippen molar-refractivity contribution >= 4 is 24.2 Å². The van der Waals surface area contributed by atoms with E-state index in [4.69, 9.17) is 16.1 Å². The maximum absolute atomic E-state index is 12.5. The predicted molar refractivity (Wildman–Crippen MR) is 86.7 cm³/mol. The van der Waals surface area contributed by atoms with Crippen LogP contribution in [-0.4, -0.2) is 28.6 Å². The highest BCUT2D eigenvalue weighted by Crippen LogP contribution is 2.49. The molecule has 6 nitrogen and oxygen atoms in total. The maximum atomic E-state index is 12.5. The zero-order valence-electron chi connectivity index (χ0n) is 12.9. The van der Waals surface area contributed by atoms with Crippen LogP contribution in [0.2, 0.25) is 0 Å². The number of hydroxylamine groups is 2. The van der Waals surface area contributed by atoms with Crippen molar-refractivity contribution in [3.05, 3.63) is 35.9 Å². The number of carbonyl (C=O) groups excluding carboxylic acids is 1. The highest BCUT2D eigenvalue weighted by molar-refractivity contribution is 7.80. The summed E-state index contributed by atoms with van der Waals surface area (Å²) >= 11 is 5.21. The van der Waals surface area contributed by atoms with Crippen LogP contribution in [0.15, 0.2) is 30.3 Å². The molecule has 2 unspecified atom stereocenters. The molecule has 1 fully saturated rings. The van der Waals surface area contributed by atoms with Gasteiger partial charge in [-0.1, -0.05) is 43.2 Å². The zero-order valence-corrected chi connectivity index (χ0v) is 14.6. The van der Waals surface area contributed by atoms with Crippen molar-refractivity contribution in [1.29, 1.82) is 0 Å². The van der Waals surface area contributed by atoms with Gasteiger partial charge in [0.05, 0.1) is 6.61 Å². The van der Waals surface area contributed by atoms with E-state index in [1.165, 1.54) is 0 Å². The van der Waals surface area contributed by atoms with Gasteiger partial charge in [-0.15, -0.1) is 0 Å². The third-order valence-corrected chi connectivity index (χ3v) is 4.37. The van der Waals surface area contributed by atoms with Crippen LogP contribution in [0.5, 0.6) is 0 Å². The fourth-order valence-electron chi connectivity index (χ4n) is 2.88. The molecule has 128 valence electrons. The van der Waals surface area contributed by atoms with Gasteiger partial charge >= 0.3 is 12.9 Å². The van der Waals surface area contributed by atoms with Crippen molar-refractivity contribution in [2.24, 2.45) is 0 Å². The molecule has 1 aromatic carbocycles. The van der Waals surface area contributed by atoms with Gasteiger partial charge in [-0.05, 0) is 25.3 Å². The Morgan fingerprint density at radius 3 is 2.52 bits per heavy atom. The van der Waals surface area contributed by atoms with Crippen molar-refractivity contribution in [2.45, 2.75) is 44.7 Å². The summed E-state index contributed by atoms with van der Waals surface area (Å²) in [4.78, 5) is 27.3. The lowest BCUT2D eigenvalue weighted by Crippen LogP contribution is -2.41. The van der Waals surface area contributed by atoms with E-state index in [-0.39, 0.29) is 6.04 Å². The molecule has 2 rings (SSSR count). The van der Waals surface area contributed by atoms with Crippen molar-refractivity contribution in [1.82, 2.24) is 5.06 Å². The second-order valence-electron chi connectivity index (χ2n) is 5.39. The second kappa shape index (κ2) is 8.27. The van der Waals surface area contributed by atoms with Gasteiger partial charge in [-0.3, -0.25) is 4.84 Å². The lowest BCUT2D eigenvalue weighted by Gasteiger charge is -2.33. The Labute approximate surface area is 140 Å². The quantitative estimate of drug-likeness (QED) is 0.588. The first-order valence-corrected chi connectivity index (χ1v) is 10.1. The molecule has 2 atom stereocenters. The molecule has 0 bridgehead atoms. The van der Waals surface area contributed by atoms with E-state index < -0.39 is 19.0 Å². The van der Waals surface area contributed by atoms with Crippen molar-refractivity contribution in [3.63, 3.8) is 0 Å². The van der Waals surface area contributed by atoms with E-state index in [1.54, 1.807) is 29.3 Å². The molecule has 0 heterocycles. The lowest BCUT2D eigenvalue weighted by molar-refractivity contribution is -0.216. The molecular formula is C15H21ClNO5P. The number of benzene rings is 1. The molecule has 0 saturated heterocycles. The predicted octanol–water partition coefficient (Wildman–Crippen LogP) is 3.81. The Morgan fingerprint density at radius 1 is 1.39 bits per heavy atom. The molecule has 0 aliphatic heterocycles. The fourth-order valence-corrected chi connectivity index (χ4v) is 3.41. The largest absolute Gasteiger partial charge is 0.476 e. The molecule has 1 saturated carbocycles. The molecule has 1 aromatic rings. The average molecular weight is 362 g/mol. The summed E-state index contributed by atoms with van der Waals surface area (Å²) < 4.78 is 15.8. The summed E-state index contributed by atoms with van der Waals surface area (Å²) in [5, 5.41) is 1.59. The smallest absolute Gasteiger partial charge is 0.379 e. The molecule has 23 heavy (non-hydrogen) atoms. The SMILES string of the molecule is CCON(C1CCCC1)C(C(=O)OP(=O)(O)Cl)c1ccccc1. The van der Waals surface area contributed by atoms with E-state index in [0.29, 0.717) is 12.2 Å². The minimum Gasteiger partial charge on any atom is -0.379 e. The summed E-state index contributed by atoms with van der Waals surface area (Å²) in [6.45, 7) is -2.24. The van der Waals surface area contributed by atoms with Gasteiger partial charge in [0.15, 0.2) is 6.04 Å². The van der Waals surface area contributed by atoms with E-state index in [1.807, 2.05) is 13.0 Å². The lowest BCUT2D eigenvalue weighted by atomic mass is 10.0. The highest BCUT2D eigenvalue weighted by Gasteiger charge is 2.38. The third-order valence-electron chi connectivity index (χ3n) is 3.76. The van der Waals surface area contributed by atoms with Crippen molar-refractivity contribution in [3.8, 4) is 0 Å². The Balaban J connectivity index is 2.33. The van der Waals surface area contributed by atoms with Crippen LogP contribution < -0.4 is 0 Å². The van der Waals surface area contributed by atoms with Gasteiger partial charge < -0.3 is 9.42 Å². The third kappa shape index (κ3) is 5.30. The number of halogens is 1. The van der Waals surface area contributed by atoms with E-state index in [9.17, 15) is 14.3 Å². The summed E-state index contributed by atoms with van der Waals surface area (Å²) in [5.41, 5.74) is 0.628. The Hall–Kier alpha value is -0.910. The number of hydrogen-bond acceptors (Lipinski definition) is 5. The first kappa shape index (κ1) is 18.4. The maximum Gasteiger partial charge on any atom is 0.476 e. The Bertz CT molecular complexity index is 558.